The highest BCUT2D eigenvalue weighted by Crippen LogP contribution is 2.37. The molecule has 104 valence electrons. The minimum absolute atomic E-state index is 0.411. The first-order chi connectivity index (χ1) is 8.52. The van der Waals surface area contributed by atoms with Crippen LogP contribution in [0, 0.1) is 17.8 Å². The van der Waals surface area contributed by atoms with Crippen molar-refractivity contribution in [2.45, 2.75) is 58.9 Å². The Bertz CT molecular complexity index is 296. The van der Waals surface area contributed by atoms with E-state index in [9.17, 15) is 0 Å². The lowest BCUT2D eigenvalue weighted by atomic mass is 9.86. The first-order valence-electron chi connectivity index (χ1n) is 7.48. The van der Waals surface area contributed by atoms with Gasteiger partial charge >= 0.3 is 0 Å². The van der Waals surface area contributed by atoms with Crippen LogP contribution in [0.2, 0.25) is 0 Å². The molecule has 2 aliphatic rings. The maximum atomic E-state index is 4.85. The lowest BCUT2D eigenvalue weighted by Gasteiger charge is -2.24. The monoisotopic (exact) mass is 268 g/mol. The summed E-state index contributed by atoms with van der Waals surface area (Å²) < 4.78 is 0. The molecule has 0 unspecified atom stereocenters. The van der Waals surface area contributed by atoms with Crippen LogP contribution in [0.3, 0.4) is 0 Å². The molecule has 3 heteroatoms. The topological polar surface area (TPSA) is 24.4 Å². The Morgan fingerprint density at radius 2 is 1.78 bits per heavy atom. The summed E-state index contributed by atoms with van der Waals surface area (Å²) in [5.41, 5.74) is 0.411. The third-order valence-corrected chi connectivity index (χ3v) is 5.78. The molecule has 0 amide bonds. The van der Waals surface area contributed by atoms with Crippen LogP contribution in [0.1, 0.15) is 53.4 Å². The zero-order valence-electron chi connectivity index (χ0n) is 12.3. The van der Waals surface area contributed by atoms with Gasteiger partial charge in [0.05, 0.1) is 0 Å². The highest BCUT2D eigenvalue weighted by atomic mass is 32.2. The van der Waals surface area contributed by atoms with Crippen LogP contribution < -0.4 is 5.32 Å². The van der Waals surface area contributed by atoms with Gasteiger partial charge in [-0.1, -0.05) is 52.3 Å². The van der Waals surface area contributed by atoms with Gasteiger partial charge in [0.1, 0.15) is 0 Å². The number of nitrogens with one attached hydrogen (secondary N) is 1. The molecule has 18 heavy (non-hydrogen) atoms. The third-order valence-electron chi connectivity index (χ3n) is 4.58. The number of hydrogen-bond donors (Lipinski definition) is 1. The van der Waals surface area contributed by atoms with Crippen molar-refractivity contribution in [1.82, 2.24) is 5.32 Å². The van der Waals surface area contributed by atoms with Gasteiger partial charge in [-0.15, -0.1) is 0 Å². The van der Waals surface area contributed by atoms with E-state index in [2.05, 4.69) is 33.0 Å². The molecule has 0 aromatic heterocycles. The first kappa shape index (κ1) is 14.2. The molecular formula is C15H28N2S. The molecule has 1 heterocycles. The van der Waals surface area contributed by atoms with Crippen molar-refractivity contribution in [2.24, 2.45) is 22.7 Å². The van der Waals surface area contributed by atoms with Crippen molar-refractivity contribution in [1.29, 1.82) is 0 Å². The van der Waals surface area contributed by atoms with Crippen molar-refractivity contribution >= 4 is 16.9 Å². The summed E-state index contributed by atoms with van der Waals surface area (Å²) in [6.07, 6.45) is 5.47. The molecule has 0 radical (unpaired) electrons. The van der Waals surface area contributed by atoms with Crippen LogP contribution in [0.25, 0.3) is 0 Å². The Morgan fingerprint density at radius 1 is 1.17 bits per heavy atom. The van der Waals surface area contributed by atoms with Crippen LogP contribution >= 0.6 is 11.8 Å². The van der Waals surface area contributed by atoms with Crippen molar-refractivity contribution in [3.63, 3.8) is 0 Å². The molecule has 2 rings (SSSR count). The Hall–Kier alpha value is -0.180. The summed E-state index contributed by atoms with van der Waals surface area (Å²) in [5, 5.41) is 4.92. The molecule has 2 nitrogen and oxygen atoms in total. The quantitative estimate of drug-likeness (QED) is 0.835. The lowest BCUT2D eigenvalue weighted by Crippen LogP contribution is -2.40. The van der Waals surface area contributed by atoms with Crippen LogP contribution in [0.4, 0.5) is 0 Å². The summed E-state index contributed by atoms with van der Waals surface area (Å²) in [6, 6.07) is 0. The second-order valence-corrected chi connectivity index (χ2v) is 7.66. The summed E-state index contributed by atoms with van der Waals surface area (Å²) in [5.74, 6) is 3.39. The number of nitrogens with zero attached hydrogens (tertiary/aromatic N) is 1. The van der Waals surface area contributed by atoms with Gasteiger partial charge in [-0.2, -0.15) is 0 Å². The average Bonchev–Trinajstić information content (AvgIpc) is 2.89. The second-order valence-electron chi connectivity index (χ2n) is 6.70. The Morgan fingerprint density at radius 3 is 2.33 bits per heavy atom. The molecule has 1 aliphatic heterocycles. The predicted octanol–water partition coefficient (Wildman–Crippen LogP) is 3.92. The van der Waals surface area contributed by atoms with E-state index >= 15 is 0 Å². The highest BCUT2D eigenvalue weighted by Gasteiger charge is 2.39. The largest absolute Gasteiger partial charge is 0.359 e. The maximum absolute atomic E-state index is 4.85. The fourth-order valence-electron chi connectivity index (χ4n) is 3.29. The van der Waals surface area contributed by atoms with Gasteiger partial charge in [0, 0.05) is 17.8 Å². The van der Waals surface area contributed by atoms with Crippen molar-refractivity contribution < 1.29 is 0 Å². The van der Waals surface area contributed by atoms with E-state index in [-0.39, 0.29) is 0 Å². The summed E-state index contributed by atoms with van der Waals surface area (Å²) in [6.45, 7) is 10.3. The van der Waals surface area contributed by atoms with Crippen LogP contribution in [-0.2, 0) is 0 Å². The van der Waals surface area contributed by atoms with Crippen molar-refractivity contribution in [3.05, 3.63) is 0 Å². The number of amidine groups is 1. The van der Waals surface area contributed by atoms with Crippen LogP contribution in [0.5, 0.6) is 0 Å². The fourth-order valence-corrected chi connectivity index (χ4v) is 4.52. The zero-order valence-corrected chi connectivity index (χ0v) is 13.1. The molecule has 0 aromatic rings. The van der Waals surface area contributed by atoms with Crippen LogP contribution in [-0.4, -0.2) is 23.0 Å². The smallest absolute Gasteiger partial charge is 0.157 e. The molecule has 1 saturated carbocycles. The lowest BCUT2D eigenvalue weighted by molar-refractivity contribution is 0.297. The summed E-state index contributed by atoms with van der Waals surface area (Å²) >= 11 is 1.94. The van der Waals surface area contributed by atoms with E-state index in [0.717, 1.165) is 18.4 Å². The molecular weight excluding hydrogens is 240 g/mol. The van der Waals surface area contributed by atoms with Gasteiger partial charge in [0.2, 0.25) is 0 Å². The number of rotatable bonds is 4. The normalized spacial score (nSPS) is 24.9. The number of aliphatic imine (C=N–C) groups is 1. The van der Waals surface area contributed by atoms with Crippen molar-refractivity contribution in [2.75, 3.05) is 12.3 Å². The Labute approximate surface area is 116 Å². The van der Waals surface area contributed by atoms with E-state index in [1.807, 2.05) is 11.8 Å². The van der Waals surface area contributed by atoms with E-state index in [1.54, 1.807) is 0 Å². The molecule has 2 fully saturated rings. The second kappa shape index (κ2) is 5.85. The molecule has 1 saturated heterocycles. The number of thioether (sulfide) groups is 1. The van der Waals surface area contributed by atoms with E-state index in [0.29, 0.717) is 11.5 Å². The van der Waals surface area contributed by atoms with E-state index < -0.39 is 0 Å². The fraction of sp³-hybridized carbons (Fsp3) is 0.933. The molecule has 0 aromatic carbocycles. The summed E-state index contributed by atoms with van der Waals surface area (Å²) in [4.78, 5) is 4.85. The van der Waals surface area contributed by atoms with Gasteiger partial charge in [-0.3, -0.25) is 4.99 Å². The van der Waals surface area contributed by atoms with Gasteiger partial charge in [-0.05, 0) is 30.6 Å². The highest BCUT2D eigenvalue weighted by molar-refractivity contribution is 8.14. The van der Waals surface area contributed by atoms with E-state index in [4.69, 9.17) is 4.99 Å². The standard InChI is InChI=1S/C15H28N2S/c1-11(2)13(12(3)4)9-16-14-17-15(10-18-14)7-5-6-8-15/h11-13H,5-10H2,1-4H3,(H,16,17). The first-order valence-corrected chi connectivity index (χ1v) is 8.46. The summed E-state index contributed by atoms with van der Waals surface area (Å²) in [7, 11) is 0. The van der Waals surface area contributed by atoms with Crippen LogP contribution in [0.15, 0.2) is 4.99 Å². The SMILES string of the molecule is CC(C)C(CN=C1NC2(CCCC2)CS1)C(C)C. The van der Waals surface area contributed by atoms with Gasteiger partial charge in [0.15, 0.2) is 5.17 Å². The maximum Gasteiger partial charge on any atom is 0.157 e. The zero-order chi connectivity index (χ0) is 13.2. The van der Waals surface area contributed by atoms with Gasteiger partial charge < -0.3 is 5.32 Å². The molecule has 1 spiro atoms. The molecule has 1 aliphatic carbocycles. The molecule has 0 atom stereocenters. The van der Waals surface area contributed by atoms with E-state index in [1.165, 1.54) is 36.6 Å². The predicted molar refractivity (Wildman–Crippen MR) is 82.3 cm³/mol. The minimum Gasteiger partial charge on any atom is -0.359 e. The van der Waals surface area contributed by atoms with Crippen molar-refractivity contribution in [3.8, 4) is 0 Å². The van der Waals surface area contributed by atoms with Gasteiger partial charge in [0.25, 0.3) is 0 Å². The molecule has 1 N–H and O–H groups in total. The third kappa shape index (κ3) is 3.23. The van der Waals surface area contributed by atoms with Gasteiger partial charge in [-0.25, -0.2) is 0 Å². The average molecular weight is 268 g/mol. The molecule has 0 bridgehead atoms. The Balaban J connectivity index is 1.90. The Kier molecular flexibility index (Phi) is 4.63. The minimum atomic E-state index is 0.411. The number of hydrogen-bond acceptors (Lipinski definition) is 2.